The molecule has 0 bridgehead atoms. The number of amides is 1. The third-order valence-electron chi connectivity index (χ3n) is 5.05. The van der Waals surface area contributed by atoms with Crippen molar-refractivity contribution < 1.29 is 9.53 Å². The number of carbonyl (C=O) groups is 1. The third-order valence-corrected chi connectivity index (χ3v) is 5.05. The van der Waals surface area contributed by atoms with Crippen LogP contribution in [0.4, 0.5) is 5.69 Å². The van der Waals surface area contributed by atoms with Crippen LogP contribution in [0.15, 0.2) is 54.6 Å². The van der Waals surface area contributed by atoms with Crippen molar-refractivity contribution in [2.75, 3.05) is 25.1 Å². The molecule has 0 aliphatic carbocycles. The fraction of sp³-hybridized carbons (Fsp3) is 0.273. The van der Waals surface area contributed by atoms with E-state index in [4.69, 9.17) is 4.74 Å². The second-order valence-electron chi connectivity index (χ2n) is 6.87. The maximum atomic E-state index is 12.8. The van der Waals surface area contributed by atoms with Gasteiger partial charge < -0.3 is 15.0 Å². The van der Waals surface area contributed by atoms with Crippen molar-refractivity contribution in [2.45, 2.75) is 19.4 Å². The lowest BCUT2D eigenvalue weighted by Crippen LogP contribution is -2.27. The maximum Gasteiger partial charge on any atom is 0.253 e. The molecule has 1 saturated heterocycles. The van der Waals surface area contributed by atoms with Gasteiger partial charge in [-0.25, -0.2) is 0 Å². The molecule has 4 rings (SSSR count). The maximum absolute atomic E-state index is 12.8. The predicted octanol–water partition coefficient (Wildman–Crippen LogP) is 3.62. The van der Waals surface area contributed by atoms with Gasteiger partial charge in [-0.2, -0.15) is 5.10 Å². The second-order valence-corrected chi connectivity index (χ2v) is 6.87. The van der Waals surface area contributed by atoms with Gasteiger partial charge in [0.15, 0.2) is 0 Å². The van der Waals surface area contributed by atoms with Gasteiger partial charge in [0, 0.05) is 24.3 Å². The summed E-state index contributed by atoms with van der Waals surface area (Å²) in [6.45, 7) is 2.37. The first-order chi connectivity index (χ1) is 13.8. The Bertz CT molecular complexity index is 960. The van der Waals surface area contributed by atoms with E-state index in [2.05, 4.69) is 20.4 Å². The Balaban J connectivity index is 1.46. The summed E-state index contributed by atoms with van der Waals surface area (Å²) < 4.78 is 5.40. The SMILES string of the molecule is COc1ccccc1-c1cc(CNC(=O)c2ccccc2N2CCCC2)n[nH]1. The molecule has 0 spiro atoms. The Labute approximate surface area is 164 Å². The van der Waals surface area contributed by atoms with Crippen LogP contribution < -0.4 is 15.0 Å². The highest BCUT2D eigenvalue weighted by molar-refractivity contribution is 5.99. The van der Waals surface area contributed by atoms with Crippen molar-refractivity contribution in [1.82, 2.24) is 15.5 Å². The Morgan fingerprint density at radius 2 is 1.89 bits per heavy atom. The van der Waals surface area contributed by atoms with Crippen LogP contribution >= 0.6 is 0 Å². The highest BCUT2D eigenvalue weighted by Crippen LogP contribution is 2.28. The number of benzene rings is 2. The van der Waals surface area contributed by atoms with E-state index in [0.717, 1.165) is 41.5 Å². The minimum Gasteiger partial charge on any atom is -0.496 e. The van der Waals surface area contributed by atoms with Gasteiger partial charge in [0.2, 0.25) is 0 Å². The smallest absolute Gasteiger partial charge is 0.253 e. The average Bonchev–Trinajstić information content (AvgIpc) is 3.44. The van der Waals surface area contributed by atoms with Crippen LogP contribution in [0, 0.1) is 0 Å². The third kappa shape index (κ3) is 3.71. The molecule has 2 aromatic carbocycles. The normalized spacial score (nSPS) is 13.5. The first kappa shape index (κ1) is 18.1. The van der Waals surface area contributed by atoms with Crippen LogP contribution in [0.2, 0.25) is 0 Å². The first-order valence-electron chi connectivity index (χ1n) is 9.56. The number of hydrogen-bond acceptors (Lipinski definition) is 4. The summed E-state index contributed by atoms with van der Waals surface area (Å²) in [5, 5.41) is 10.3. The van der Waals surface area contributed by atoms with Gasteiger partial charge in [0.05, 0.1) is 30.6 Å². The number of ether oxygens (including phenoxy) is 1. The molecule has 1 aromatic heterocycles. The number of aromatic nitrogens is 2. The van der Waals surface area contributed by atoms with Gasteiger partial charge in [-0.3, -0.25) is 9.89 Å². The van der Waals surface area contributed by atoms with Crippen LogP contribution in [0.5, 0.6) is 5.75 Å². The summed E-state index contributed by atoms with van der Waals surface area (Å²) in [6, 6.07) is 17.5. The lowest BCUT2D eigenvalue weighted by Gasteiger charge is -2.20. The second kappa shape index (κ2) is 8.17. The molecule has 0 saturated carbocycles. The highest BCUT2D eigenvalue weighted by atomic mass is 16.5. The van der Waals surface area contributed by atoms with E-state index >= 15 is 0 Å². The van der Waals surface area contributed by atoms with Crippen LogP contribution in [0.3, 0.4) is 0 Å². The topological polar surface area (TPSA) is 70.2 Å². The average molecular weight is 376 g/mol. The fourth-order valence-corrected chi connectivity index (χ4v) is 3.62. The van der Waals surface area contributed by atoms with Gasteiger partial charge in [0.25, 0.3) is 5.91 Å². The number of H-pyrrole nitrogens is 1. The highest BCUT2D eigenvalue weighted by Gasteiger charge is 2.19. The lowest BCUT2D eigenvalue weighted by molar-refractivity contribution is 0.0951. The number of anilines is 1. The summed E-state index contributed by atoms with van der Waals surface area (Å²) in [6.07, 6.45) is 2.35. The molecule has 28 heavy (non-hydrogen) atoms. The molecular weight excluding hydrogens is 352 g/mol. The zero-order valence-corrected chi connectivity index (χ0v) is 15.9. The van der Waals surface area contributed by atoms with E-state index in [1.807, 2.05) is 54.6 Å². The van der Waals surface area contributed by atoms with Crippen molar-refractivity contribution in [1.29, 1.82) is 0 Å². The number of aromatic amines is 1. The van der Waals surface area contributed by atoms with Crippen molar-refractivity contribution in [3.05, 3.63) is 65.9 Å². The molecule has 2 N–H and O–H groups in total. The molecule has 6 nitrogen and oxygen atoms in total. The Kier molecular flexibility index (Phi) is 5.28. The number of carbonyl (C=O) groups excluding carboxylic acids is 1. The molecule has 1 fully saturated rings. The molecule has 3 aromatic rings. The van der Waals surface area contributed by atoms with E-state index in [0.29, 0.717) is 12.1 Å². The Hall–Kier alpha value is -3.28. The number of nitrogens with one attached hydrogen (secondary N) is 2. The Morgan fingerprint density at radius 1 is 1.14 bits per heavy atom. The molecule has 6 heteroatoms. The molecule has 0 radical (unpaired) electrons. The summed E-state index contributed by atoms with van der Waals surface area (Å²) in [4.78, 5) is 15.1. The molecule has 1 amide bonds. The number of methoxy groups -OCH3 is 1. The van der Waals surface area contributed by atoms with Crippen molar-refractivity contribution >= 4 is 11.6 Å². The van der Waals surface area contributed by atoms with Gasteiger partial charge in [-0.1, -0.05) is 24.3 Å². The van der Waals surface area contributed by atoms with Gasteiger partial charge in [-0.05, 0) is 43.2 Å². The molecule has 0 unspecified atom stereocenters. The summed E-state index contributed by atoms with van der Waals surface area (Å²) >= 11 is 0. The van der Waals surface area contributed by atoms with Crippen LogP contribution in [-0.4, -0.2) is 36.3 Å². The van der Waals surface area contributed by atoms with E-state index in [1.165, 1.54) is 12.8 Å². The number of hydrogen-bond donors (Lipinski definition) is 2. The van der Waals surface area contributed by atoms with Crippen molar-refractivity contribution in [3.8, 4) is 17.0 Å². The van der Waals surface area contributed by atoms with E-state index in [1.54, 1.807) is 7.11 Å². The molecule has 0 atom stereocenters. The minimum atomic E-state index is -0.0793. The van der Waals surface area contributed by atoms with Gasteiger partial charge >= 0.3 is 0 Å². The zero-order valence-electron chi connectivity index (χ0n) is 15.9. The molecule has 1 aliphatic heterocycles. The number of para-hydroxylation sites is 2. The summed E-state index contributed by atoms with van der Waals surface area (Å²) in [5.41, 5.74) is 4.29. The van der Waals surface area contributed by atoms with Crippen molar-refractivity contribution in [3.63, 3.8) is 0 Å². The molecule has 144 valence electrons. The Morgan fingerprint density at radius 3 is 2.71 bits per heavy atom. The number of rotatable bonds is 6. The van der Waals surface area contributed by atoms with Crippen LogP contribution in [-0.2, 0) is 6.54 Å². The zero-order chi connectivity index (χ0) is 19.3. The first-order valence-corrected chi connectivity index (χ1v) is 9.56. The summed E-state index contributed by atoms with van der Waals surface area (Å²) in [7, 11) is 1.65. The van der Waals surface area contributed by atoms with Crippen LogP contribution in [0.1, 0.15) is 28.9 Å². The lowest BCUT2D eigenvalue weighted by atomic mass is 10.1. The largest absolute Gasteiger partial charge is 0.496 e. The van der Waals surface area contributed by atoms with E-state index in [9.17, 15) is 4.79 Å². The van der Waals surface area contributed by atoms with Gasteiger partial charge in [0.1, 0.15) is 5.75 Å². The monoisotopic (exact) mass is 376 g/mol. The number of nitrogens with zero attached hydrogens (tertiary/aromatic N) is 2. The molecule has 1 aliphatic rings. The quantitative estimate of drug-likeness (QED) is 0.689. The molecular formula is C22H24N4O2. The van der Waals surface area contributed by atoms with E-state index in [-0.39, 0.29) is 5.91 Å². The predicted molar refractivity (Wildman–Crippen MR) is 110 cm³/mol. The standard InChI is InChI=1S/C22H24N4O2/c1-28-21-11-5-3-8-17(21)19-14-16(24-25-19)15-23-22(27)18-9-2-4-10-20(18)26-12-6-7-13-26/h2-5,8-11,14H,6-7,12-13,15H2,1H3,(H,23,27)(H,24,25). The van der Waals surface area contributed by atoms with Crippen LogP contribution in [0.25, 0.3) is 11.3 Å². The van der Waals surface area contributed by atoms with Gasteiger partial charge in [-0.15, -0.1) is 0 Å². The van der Waals surface area contributed by atoms with E-state index < -0.39 is 0 Å². The minimum absolute atomic E-state index is 0.0793. The summed E-state index contributed by atoms with van der Waals surface area (Å²) in [5.74, 6) is 0.700. The van der Waals surface area contributed by atoms with Crippen molar-refractivity contribution in [2.24, 2.45) is 0 Å². The molecule has 2 heterocycles. The fourth-order valence-electron chi connectivity index (χ4n) is 3.62.